The maximum absolute atomic E-state index is 9.40. The lowest BCUT2D eigenvalue weighted by Gasteiger charge is -2.01. The van der Waals surface area contributed by atoms with Gasteiger partial charge in [0, 0.05) is 11.8 Å². The van der Waals surface area contributed by atoms with Crippen LogP contribution in [-0.2, 0) is 0 Å². The van der Waals surface area contributed by atoms with Crippen molar-refractivity contribution in [1.29, 1.82) is 0 Å². The largest absolute Gasteiger partial charge is 0.508 e. The number of hydrogen-bond acceptors (Lipinski definition) is 4. The van der Waals surface area contributed by atoms with E-state index in [0.717, 1.165) is 22.5 Å². The summed E-state index contributed by atoms with van der Waals surface area (Å²) in [4.78, 5) is 4.77. The molecule has 26 heavy (non-hydrogen) atoms. The number of aromatic hydroxyl groups is 1. The van der Waals surface area contributed by atoms with Crippen LogP contribution in [0.2, 0.25) is 0 Å². The first kappa shape index (κ1) is 16.0. The highest BCUT2D eigenvalue weighted by molar-refractivity contribution is 5.74. The van der Waals surface area contributed by atoms with Crippen LogP contribution in [0.25, 0.3) is 16.9 Å². The van der Waals surface area contributed by atoms with Gasteiger partial charge in [0.05, 0.1) is 5.69 Å². The molecule has 2 aromatic carbocycles. The number of aryl methyl sites for hydroxylation is 2. The molecule has 5 heteroatoms. The minimum atomic E-state index is 0.203. The molecule has 0 saturated heterocycles. The Morgan fingerprint density at radius 3 is 2.31 bits per heavy atom. The zero-order valence-electron chi connectivity index (χ0n) is 14.6. The van der Waals surface area contributed by atoms with Gasteiger partial charge in [0.2, 0.25) is 0 Å². The molecule has 0 aliphatic carbocycles. The Kier molecular flexibility index (Phi) is 3.97. The van der Waals surface area contributed by atoms with Gasteiger partial charge in [-0.15, -0.1) is 10.2 Å². The lowest BCUT2D eigenvalue weighted by molar-refractivity contribution is 0.475. The van der Waals surface area contributed by atoms with E-state index in [4.69, 9.17) is 4.98 Å². The number of azo groups is 1. The monoisotopic (exact) mass is 342 g/mol. The SMILES string of the molecule is Cc1ccc(-c2nc3cc(C)ccn3c2N=Nc2ccc(O)cc2)cc1. The van der Waals surface area contributed by atoms with Gasteiger partial charge >= 0.3 is 0 Å². The molecule has 4 aromatic rings. The van der Waals surface area contributed by atoms with E-state index in [9.17, 15) is 5.11 Å². The zero-order valence-corrected chi connectivity index (χ0v) is 14.6. The summed E-state index contributed by atoms with van der Waals surface area (Å²) in [5, 5.41) is 18.2. The smallest absolute Gasteiger partial charge is 0.187 e. The molecule has 0 atom stereocenters. The number of phenols is 1. The van der Waals surface area contributed by atoms with Crippen LogP contribution in [-0.4, -0.2) is 14.5 Å². The van der Waals surface area contributed by atoms with Crippen molar-refractivity contribution < 1.29 is 5.11 Å². The molecule has 0 aliphatic rings. The van der Waals surface area contributed by atoms with Crippen molar-refractivity contribution in [3.63, 3.8) is 0 Å². The number of aromatic nitrogens is 2. The van der Waals surface area contributed by atoms with E-state index in [1.54, 1.807) is 24.3 Å². The Morgan fingerprint density at radius 1 is 0.846 bits per heavy atom. The van der Waals surface area contributed by atoms with E-state index in [2.05, 4.69) is 29.3 Å². The molecule has 4 rings (SSSR count). The van der Waals surface area contributed by atoms with E-state index >= 15 is 0 Å². The van der Waals surface area contributed by atoms with Gasteiger partial charge in [-0.25, -0.2) is 4.98 Å². The van der Waals surface area contributed by atoms with E-state index in [1.165, 1.54) is 5.56 Å². The predicted octanol–water partition coefficient (Wildman–Crippen LogP) is 5.74. The fourth-order valence-corrected chi connectivity index (χ4v) is 2.76. The summed E-state index contributed by atoms with van der Waals surface area (Å²) in [5.41, 5.74) is 5.62. The first-order valence-electron chi connectivity index (χ1n) is 8.37. The Balaban J connectivity index is 1.86. The molecule has 0 spiro atoms. The molecule has 5 nitrogen and oxygen atoms in total. The molecule has 0 amide bonds. The van der Waals surface area contributed by atoms with Crippen molar-refractivity contribution in [3.8, 4) is 17.0 Å². The number of rotatable bonds is 3. The van der Waals surface area contributed by atoms with Crippen molar-refractivity contribution in [2.24, 2.45) is 10.2 Å². The summed E-state index contributed by atoms with van der Waals surface area (Å²) in [6, 6.07) is 18.9. The normalized spacial score (nSPS) is 11.5. The maximum Gasteiger partial charge on any atom is 0.187 e. The highest BCUT2D eigenvalue weighted by atomic mass is 16.3. The molecule has 0 unspecified atom stereocenters. The molecule has 0 bridgehead atoms. The summed E-state index contributed by atoms with van der Waals surface area (Å²) in [5.74, 6) is 0.881. The van der Waals surface area contributed by atoms with Gasteiger partial charge in [-0.2, -0.15) is 0 Å². The van der Waals surface area contributed by atoms with Crippen molar-refractivity contribution in [1.82, 2.24) is 9.38 Å². The van der Waals surface area contributed by atoms with Crippen LogP contribution in [0.1, 0.15) is 11.1 Å². The number of hydrogen-bond donors (Lipinski definition) is 1. The van der Waals surface area contributed by atoms with Crippen LogP contribution in [0, 0.1) is 13.8 Å². The number of nitrogens with zero attached hydrogens (tertiary/aromatic N) is 4. The highest BCUT2D eigenvalue weighted by Gasteiger charge is 2.14. The molecule has 128 valence electrons. The van der Waals surface area contributed by atoms with Gasteiger partial charge in [0.1, 0.15) is 17.1 Å². The summed E-state index contributed by atoms with van der Waals surface area (Å²) in [6.45, 7) is 4.10. The third kappa shape index (κ3) is 3.07. The van der Waals surface area contributed by atoms with Crippen LogP contribution in [0.15, 0.2) is 77.1 Å². The lowest BCUT2D eigenvalue weighted by Crippen LogP contribution is -1.84. The van der Waals surface area contributed by atoms with Gasteiger partial charge in [0.15, 0.2) is 5.82 Å². The minimum Gasteiger partial charge on any atom is -0.508 e. The second kappa shape index (κ2) is 6.44. The standard InChI is InChI=1S/C21H18N4O/c1-14-3-5-16(6-4-14)20-21(24-23-17-7-9-18(26)10-8-17)25-12-11-15(2)13-19(25)22-20/h3-13,26H,1-2H3. The van der Waals surface area contributed by atoms with Gasteiger partial charge in [-0.05, 0) is 55.8 Å². The van der Waals surface area contributed by atoms with Crippen LogP contribution in [0.5, 0.6) is 5.75 Å². The highest BCUT2D eigenvalue weighted by Crippen LogP contribution is 2.32. The average molecular weight is 342 g/mol. The van der Waals surface area contributed by atoms with E-state index in [1.807, 2.05) is 41.8 Å². The second-order valence-corrected chi connectivity index (χ2v) is 6.30. The Hall–Kier alpha value is -3.47. The molecule has 0 aliphatic heterocycles. The van der Waals surface area contributed by atoms with Crippen LogP contribution < -0.4 is 0 Å². The van der Waals surface area contributed by atoms with Gasteiger partial charge in [-0.3, -0.25) is 4.40 Å². The third-order valence-electron chi connectivity index (χ3n) is 4.19. The Morgan fingerprint density at radius 2 is 1.58 bits per heavy atom. The molecule has 0 fully saturated rings. The molecule has 2 heterocycles. The van der Waals surface area contributed by atoms with Crippen LogP contribution >= 0.6 is 0 Å². The van der Waals surface area contributed by atoms with E-state index in [-0.39, 0.29) is 5.75 Å². The van der Waals surface area contributed by atoms with Crippen molar-refractivity contribution >= 4 is 17.2 Å². The summed E-state index contributed by atoms with van der Waals surface area (Å²) in [6.07, 6.45) is 1.96. The number of pyridine rings is 1. The van der Waals surface area contributed by atoms with Crippen molar-refractivity contribution in [2.45, 2.75) is 13.8 Å². The third-order valence-corrected chi connectivity index (χ3v) is 4.19. The first-order valence-corrected chi connectivity index (χ1v) is 8.37. The second-order valence-electron chi connectivity index (χ2n) is 6.30. The fraction of sp³-hybridized carbons (Fsp3) is 0.0952. The number of benzene rings is 2. The molecular formula is C21H18N4O. The van der Waals surface area contributed by atoms with Gasteiger partial charge in [0.25, 0.3) is 0 Å². The summed E-state index contributed by atoms with van der Waals surface area (Å²) >= 11 is 0. The Bertz CT molecular complexity index is 1090. The number of phenolic OH excluding ortho intramolecular Hbond substituents is 1. The summed E-state index contributed by atoms with van der Waals surface area (Å²) < 4.78 is 1.94. The maximum atomic E-state index is 9.40. The first-order chi connectivity index (χ1) is 12.6. The summed E-state index contributed by atoms with van der Waals surface area (Å²) in [7, 11) is 0. The number of fused-ring (bicyclic) bond motifs is 1. The van der Waals surface area contributed by atoms with Crippen LogP contribution in [0.3, 0.4) is 0 Å². The quantitative estimate of drug-likeness (QED) is 0.483. The van der Waals surface area contributed by atoms with Crippen LogP contribution in [0.4, 0.5) is 11.5 Å². The van der Waals surface area contributed by atoms with Gasteiger partial charge in [-0.1, -0.05) is 29.8 Å². The molecule has 1 N–H and O–H groups in total. The molecule has 0 radical (unpaired) electrons. The van der Waals surface area contributed by atoms with E-state index in [0.29, 0.717) is 11.5 Å². The lowest BCUT2D eigenvalue weighted by atomic mass is 10.1. The fourth-order valence-electron chi connectivity index (χ4n) is 2.76. The zero-order chi connectivity index (χ0) is 18.1. The molecule has 0 saturated carbocycles. The predicted molar refractivity (Wildman–Crippen MR) is 102 cm³/mol. The van der Waals surface area contributed by atoms with Crippen molar-refractivity contribution in [3.05, 3.63) is 78.0 Å². The molecule has 2 aromatic heterocycles. The van der Waals surface area contributed by atoms with E-state index < -0.39 is 0 Å². The van der Waals surface area contributed by atoms with Crippen molar-refractivity contribution in [2.75, 3.05) is 0 Å². The van der Waals surface area contributed by atoms with Gasteiger partial charge < -0.3 is 5.11 Å². The minimum absolute atomic E-state index is 0.203. The number of imidazole rings is 1. The Labute approximate surface area is 151 Å². The average Bonchev–Trinajstić information content (AvgIpc) is 2.99. The molecular weight excluding hydrogens is 324 g/mol. The topological polar surface area (TPSA) is 62.2 Å².